The van der Waals surface area contributed by atoms with Gasteiger partial charge >= 0.3 is 0 Å². The van der Waals surface area contributed by atoms with Gasteiger partial charge in [-0.05, 0) is 18.2 Å². The van der Waals surface area contributed by atoms with Gasteiger partial charge in [0.2, 0.25) is 5.78 Å². The van der Waals surface area contributed by atoms with Gasteiger partial charge in [-0.3, -0.25) is 9.78 Å². The zero-order chi connectivity index (χ0) is 9.97. The van der Waals surface area contributed by atoms with Crippen molar-refractivity contribution < 1.29 is 9.18 Å². The molecule has 1 N–H and O–H groups in total. The average Bonchev–Trinajstić information content (AvgIpc) is 2.70. The van der Waals surface area contributed by atoms with Crippen molar-refractivity contribution in [2.24, 2.45) is 0 Å². The second-order valence-corrected chi connectivity index (χ2v) is 2.77. The summed E-state index contributed by atoms with van der Waals surface area (Å²) < 4.78 is 13.1. The van der Waals surface area contributed by atoms with Gasteiger partial charge in [0.15, 0.2) is 5.82 Å². The zero-order valence-corrected chi connectivity index (χ0v) is 7.20. The van der Waals surface area contributed by atoms with Gasteiger partial charge in [-0.2, -0.15) is 0 Å². The molecule has 2 aromatic rings. The van der Waals surface area contributed by atoms with E-state index < -0.39 is 5.82 Å². The molecule has 0 aromatic carbocycles. The molecule has 2 rings (SSSR count). The van der Waals surface area contributed by atoms with E-state index in [4.69, 9.17) is 0 Å². The number of carbonyl (C=O) groups excluding carboxylic acids is 1. The highest BCUT2D eigenvalue weighted by Crippen LogP contribution is 2.10. The molecule has 0 amide bonds. The van der Waals surface area contributed by atoms with Crippen LogP contribution in [0.15, 0.2) is 36.8 Å². The van der Waals surface area contributed by atoms with E-state index in [2.05, 4.69) is 9.97 Å². The highest BCUT2D eigenvalue weighted by Gasteiger charge is 2.13. The van der Waals surface area contributed by atoms with Crippen molar-refractivity contribution in [2.75, 3.05) is 0 Å². The lowest BCUT2D eigenvalue weighted by Crippen LogP contribution is -2.04. The predicted octanol–water partition coefficient (Wildman–Crippen LogP) is 1.78. The molecule has 0 fully saturated rings. The first-order valence-electron chi connectivity index (χ1n) is 4.06. The second-order valence-electron chi connectivity index (χ2n) is 2.77. The second kappa shape index (κ2) is 3.41. The van der Waals surface area contributed by atoms with Gasteiger partial charge in [0, 0.05) is 12.4 Å². The summed E-state index contributed by atoms with van der Waals surface area (Å²) in [6.45, 7) is 0. The number of hydrogen-bond donors (Lipinski definition) is 1. The Morgan fingerprint density at radius 3 is 2.93 bits per heavy atom. The zero-order valence-electron chi connectivity index (χ0n) is 7.20. The molecule has 3 nitrogen and oxygen atoms in total. The van der Waals surface area contributed by atoms with E-state index in [1.807, 2.05) is 0 Å². The first-order valence-corrected chi connectivity index (χ1v) is 4.06. The summed E-state index contributed by atoms with van der Waals surface area (Å²) >= 11 is 0. The molecule has 70 valence electrons. The van der Waals surface area contributed by atoms with Crippen LogP contribution in [0.5, 0.6) is 0 Å². The molecule has 2 heterocycles. The Bertz CT molecular complexity index is 451. The standard InChI is InChI=1S/C10H7FN2O/c11-8-6-12-5-3-7(8)10(14)9-2-1-4-13-9/h1-6,13H. The van der Waals surface area contributed by atoms with Crippen LogP contribution in [0.3, 0.4) is 0 Å². The minimum absolute atomic E-state index is 0.0300. The summed E-state index contributed by atoms with van der Waals surface area (Å²) in [7, 11) is 0. The van der Waals surface area contributed by atoms with Crippen LogP contribution in [-0.2, 0) is 0 Å². The van der Waals surface area contributed by atoms with Crippen LogP contribution >= 0.6 is 0 Å². The van der Waals surface area contributed by atoms with Crippen molar-refractivity contribution in [3.63, 3.8) is 0 Å². The predicted molar refractivity (Wildman–Crippen MR) is 48.4 cm³/mol. The van der Waals surface area contributed by atoms with Crippen LogP contribution in [0.2, 0.25) is 0 Å². The first kappa shape index (κ1) is 8.62. The summed E-state index contributed by atoms with van der Waals surface area (Å²) in [6.07, 6.45) is 4.03. The third-order valence-electron chi connectivity index (χ3n) is 1.86. The molecule has 14 heavy (non-hydrogen) atoms. The molecule has 0 saturated heterocycles. The van der Waals surface area contributed by atoms with Crippen LogP contribution < -0.4 is 0 Å². The fraction of sp³-hybridized carbons (Fsp3) is 0. The van der Waals surface area contributed by atoms with E-state index in [0.29, 0.717) is 5.69 Å². The van der Waals surface area contributed by atoms with Gasteiger partial charge in [-0.15, -0.1) is 0 Å². The molecule has 0 atom stereocenters. The van der Waals surface area contributed by atoms with Gasteiger partial charge in [0.05, 0.1) is 17.5 Å². The number of ketones is 1. The van der Waals surface area contributed by atoms with Gasteiger partial charge in [-0.25, -0.2) is 4.39 Å². The summed E-state index contributed by atoms with van der Waals surface area (Å²) in [5.41, 5.74) is 0.401. The number of aromatic nitrogens is 2. The maximum absolute atomic E-state index is 13.1. The molecule has 0 radical (unpaired) electrons. The molecule has 0 aliphatic rings. The van der Waals surface area contributed by atoms with E-state index in [1.165, 1.54) is 12.3 Å². The smallest absolute Gasteiger partial charge is 0.212 e. The Morgan fingerprint density at radius 1 is 1.43 bits per heavy atom. The van der Waals surface area contributed by atoms with Crippen molar-refractivity contribution in [3.05, 3.63) is 53.9 Å². The Labute approximate surface area is 79.6 Å². The largest absolute Gasteiger partial charge is 0.359 e. The highest BCUT2D eigenvalue weighted by molar-refractivity contribution is 6.07. The molecule has 0 bridgehead atoms. The lowest BCUT2D eigenvalue weighted by Gasteiger charge is -1.98. The normalized spacial score (nSPS) is 10.1. The summed E-state index contributed by atoms with van der Waals surface area (Å²) in [5.74, 6) is -0.970. The Hall–Kier alpha value is -1.97. The van der Waals surface area contributed by atoms with E-state index in [9.17, 15) is 9.18 Å². The van der Waals surface area contributed by atoms with E-state index in [1.54, 1.807) is 18.3 Å². The third-order valence-corrected chi connectivity index (χ3v) is 1.86. The molecule has 0 saturated carbocycles. The summed E-state index contributed by atoms with van der Waals surface area (Å²) in [6, 6.07) is 4.65. The van der Waals surface area contributed by atoms with Crippen LogP contribution in [0, 0.1) is 5.82 Å². The maximum Gasteiger partial charge on any atom is 0.212 e. The molecular weight excluding hydrogens is 183 g/mol. The number of pyridine rings is 1. The lowest BCUT2D eigenvalue weighted by molar-refractivity contribution is 0.103. The quantitative estimate of drug-likeness (QED) is 0.733. The number of aromatic amines is 1. The minimum Gasteiger partial charge on any atom is -0.359 e. The van der Waals surface area contributed by atoms with Gasteiger partial charge in [0.25, 0.3) is 0 Å². The maximum atomic E-state index is 13.1. The molecule has 0 aliphatic carbocycles. The van der Waals surface area contributed by atoms with Crippen LogP contribution in [0.4, 0.5) is 4.39 Å². The lowest BCUT2D eigenvalue weighted by atomic mass is 10.1. The topological polar surface area (TPSA) is 45.8 Å². The highest BCUT2D eigenvalue weighted by atomic mass is 19.1. The van der Waals surface area contributed by atoms with Crippen LogP contribution in [-0.4, -0.2) is 15.8 Å². The first-order chi connectivity index (χ1) is 6.79. The minimum atomic E-state index is -0.605. The fourth-order valence-electron chi connectivity index (χ4n) is 1.18. The van der Waals surface area contributed by atoms with Crippen molar-refractivity contribution in [2.45, 2.75) is 0 Å². The van der Waals surface area contributed by atoms with E-state index >= 15 is 0 Å². The number of hydrogen-bond acceptors (Lipinski definition) is 2. The molecule has 0 unspecified atom stereocenters. The molecule has 4 heteroatoms. The third kappa shape index (κ3) is 1.42. The van der Waals surface area contributed by atoms with Crippen LogP contribution in [0.25, 0.3) is 0 Å². The molecule has 0 spiro atoms. The Kier molecular flexibility index (Phi) is 2.10. The Balaban J connectivity index is 2.42. The number of carbonyl (C=O) groups is 1. The van der Waals surface area contributed by atoms with Crippen molar-refractivity contribution >= 4 is 5.78 Å². The number of rotatable bonds is 2. The van der Waals surface area contributed by atoms with Crippen molar-refractivity contribution in [1.82, 2.24) is 9.97 Å². The SMILES string of the molecule is O=C(c1ccc[nH]1)c1ccncc1F. The molecular formula is C10H7FN2O. The molecule has 0 aliphatic heterocycles. The number of nitrogens with one attached hydrogen (secondary N) is 1. The number of halogens is 1. The fourth-order valence-corrected chi connectivity index (χ4v) is 1.18. The number of H-pyrrole nitrogens is 1. The molecule has 2 aromatic heterocycles. The number of nitrogens with zero attached hydrogens (tertiary/aromatic N) is 1. The van der Waals surface area contributed by atoms with Crippen molar-refractivity contribution in [3.8, 4) is 0 Å². The van der Waals surface area contributed by atoms with E-state index in [0.717, 1.165) is 6.20 Å². The van der Waals surface area contributed by atoms with Gasteiger partial charge in [0.1, 0.15) is 0 Å². The summed E-state index contributed by atoms with van der Waals surface area (Å²) in [4.78, 5) is 17.9. The van der Waals surface area contributed by atoms with Crippen molar-refractivity contribution in [1.29, 1.82) is 0 Å². The summed E-state index contributed by atoms with van der Waals surface area (Å²) in [5, 5.41) is 0. The van der Waals surface area contributed by atoms with E-state index in [-0.39, 0.29) is 11.3 Å². The Morgan fingerprint density at radius 2 is 2.29 bits per heavy atom. The van der Waals surface area contributed by atoms with Gasteiger partial charge in [-0.1, -0.05) is 0 Å². The average molecular weight is 190 g/mol. The van der Waals surface area contributed by atoms with Crippen LogP contribution in [0.1, 0.15) is 16.1 Å². The monoisotopic (exact) mass is 190 g/mol. The van der Waals surface area contributed by atoms with Gasteiger partial charge < -0.3 is 4.98 Å².